The van der Waals surface area contributed by atoms with Crippen LogP contribution in [0.3, 0.4) is 0 Å². The molecule has 0 atom stereocenters. The molecule has 13 heavy (non-hydrogen) atoms. The van der Waals surface area contributed by atoms with Crippen LogP contribution < -0.4 is 0 Å². The molecule has 0 spiro atoms. The first kappa shape index (κ1) is 9.10. The number of azide groups is 1. The molecular weight excluding hydrogens is 162 g/mol. The topological polar surface area (TPSA) is 48.8 Å². The second-order valence-corrected chi connectivity index (χ2v) is 2.42. The predicted octanol–water partition coefficient (Wildman–Crippen LogP) is 3.52. The average molecular weight is 171 g/mol. The zero-order valence-corrected chi connectivity index (χ0v) is 7.09. The first-order chi connectivity index (χ1) is 6.33. The molecule has 0 aliphatic heterocycles. The van der Waals surface area contributed by atoms with Crippen LogP contribution in [0.1, 0.15) is 5.56 Å². The lowest BCUT2D eigenvalue weighted by Crippen LogP contribution is -1.69. The summed E-state index contributed by atoms with van der Waals surface area (Å²) in [5, 5.41) is 3.34. The van der Waals surface area contributed by atoms with Crippen molar-refractivity contribution in [2.24, 2.45) is 5.11 Å². The molecule has 1 rings (SSSR count). The molecule has 0 bridgehead atoms. The summed E-state index contributed by atoms with van der Waals surface area (Å²) in [6.07, 6.45) is 3.52. The molecule has 0 fully saturated rings. The fraction of sp³-hybridized carbons (Fsp3) is 0. The Bertz CT molecular complexity index is 359. The smallest absolute Gasteiger partial charge is 0.0303 e. The van der Waals surface area contributed by atoms with Crippen molar-refractivity contribution in [3.8, 4) is 0 Å². The molecule has 0 saturated carbocycles. The zero-order chi connectivity index (χ0) is 9.52. The lowest BCUT2D eigenvalue weighted by molar-refractivity contribution is 1.40. The summed E-state index contributed by atoms with van der Waals surface area (Å²) in [6.45, 7) is 3.55. The van der Waals surface area contributed by atoms with Gasteiger partial charge in [0.25, 0.3) is 0 Å². The van der Waals surface area contributed by atoms with Crippen LogP contribution in [-0.4, -0.2) is 0 Å². The molecule has 0 N–H and O–H groups in total. The Morgan fingerprint density at radius 2 is 2.08 bits per heavy atom. The van der Waals surface area contributed by atoms with E-state index >= 15 is 0 Å². The van der Waals surface area contributed by atoms with Crippen LogP contribution in [0.4, 0.5) is 0 Å². The highest BCUT2D eigenvalue weighted by Crippen LogP contribution is 2.04. The fourth-order valence-corrected chi connectivity index (χ4v) is 0.847. The second-order valence-electron chi connectivity index (χ2n) is 2.42. The normalized spacial score (nSPS) is 9.54. The van der Waals surface area contributed by atoms with Crippen LogP contribution in [0.5, 0.6) is 0 Å². The molecule has 1 aromatic carbocycles. The Balaban J connectivity index is 2.69. The minimum atomic E-state index is 0.409. The van der Waals surface area contributed by atoms with E-state index < -0.39 is 0 Å². The first-order valence-electron chi connectivity index (χ1n) is 3.80. The summed E-state index contributed by atoms with van der Waals surface area (Å²) in [7, 11) is 0. The molecule has 64 valence electrons. The Kier molecular flexibility index (Phi) is 3.36. The van der Waals surface area contributed by atoms with Gasteiger partial charge in [-0.15, -0.1) is 0 Å². The van der Waals surface area contributed by atoms with Crippen molar-refractivity contribution < 1.29 is 0 Å². The minimum absolute atomic E-state index is 0.409. The molecule has 0 aliphatic rings. The van der Waals surface area contributed by atoms with Crippen LogP contribution >= 0.6 is 0 Å². The van der Waals surface area contributed by atoms with Gasteiger partial charge in [0, 0.05) is 10.6 Å². The third-order valence-electron chi connectivity index (χ3n) is 1.44. The van der Waals surface area contributed by atoms with Gasteiger partial charge in [0.15, 0.2) is 0 Å². The van der Waals surface area contributed by atoms with Crippen molar-refractivity contribution in [2.75, 3.05) is 0 Å². The van der Waals surface area contributed by atoms with Crippen LogP contribution in [-0.2, 0) is 0 Å². The van der Waals surface area contributed by atoms with E-state index in [1.54, 1.807) is 6.08 Å². The number of nitrogens with zero attached hydrogens (tertiary/aromatic N) is 3. The van der Waals surface area contributed by atoms with E-state index in [-0.39, 0.29) is 0 Å². The zero-order valence-electron chi connectivity index (χ0n) is 7.09. The van der Waals surface area contributed by atoms with E-state index in [9.17, 15) is 0 Å². The van der Waals surface area contributed by atoms with Crippen molar-refractivity contribution in [2.45, 2.75) is 0 Å². The monoisotopic (exact) mass is 171 g/mol. The summed E-state index contributed by atoms with van der Waals surface area (Å²) in [4.78, 5) is 2.62. The molecule has 0 aliphatic carbocycles. The number of hydrogen-bond donors (Lipinski definition) is 0. The van der Waals surface area contributed by atoms with E-state index in [2.05, 4.69) is 16.6 Å². The average Bonchev–Trinajstić information content (AvgIpc) is 2.17. The molecule has 1 aromatic rings. The van der Waals surface area contributed by atoms with Crippen LogP contribution in [0, 0.1) is 0 Å². The molecule has 0 saturated heterocycles. The quantitative estimate of drug-likeness (QED) is 0.289. The van der Waals surface area contributed by atoms with Crippen LogP contribution in [0.2, 0.25) is 0 Å². The number of hydrogen-bond acceptors (Lipinski definition) is 1. The Hall–Kier alpha value is -1.99. The van der Waals surface area contributed by atoms with E-state index in [1.165, 1.54) is 0 Å². The lowest BCUT2D eigenvalue weighted by Gasteiger charge is -1.90. The fourth-order valence-electron chi connectivity index (χ4n) is 0.847. The van der Waals surface area contributed by atoms with Crippen LogP contribution in [0.25, 0.3) is 16.5 Å². The van der Waals surface area contributed by atoms with Gasteiger partial charge in [-0.2, -0.15) is 0 Å². The van der Waals surface area contributed by atoms with Crippen LogP contribution in [0.15, 0.2) is 53.8 Å². The highest BCUT2D eigenvalue weighted by molar-refractivity contribution is 5.51. The van der Waals surface area contributed by atoms with Crippen molar-refractivity contribution in [1.82, 2.24) is 0 Å². The standard InChI is InChI=1S/C10H9N3/c1-9(12-13-11)7-8-10-5-3-2-4-6-10/h2-8H,1H2. The van der Waals surface area contributed by atoms with Gasteiger partial charge in [0.1, 0.15) is 0 Å². The van der Waals surface area contributed by atoms with Crippen molar-refractivity contribution >= 4 is 6.08 Å². The van der Waals surface area contributed by atoms with Gasteiger partial charge in [-0.3, -0.25) is 0 Å². The summed E-state index contributed by atoms with van der Waals surface area (Å²) < 4.78 is 0. The highest BCUT2D eigenvalue weighted by atomic mass is 15.1. The molecule has 0 aromatic heterocycles. The van der Waals surface area contributed by atoms with E-state index in [4.69, 9.17) is 5.53 Å². The predicted molar refractivity (Wildman–Crippen MR) is 53.8 cm³/mol. The highest BCUT2D eigenvalue weighted by Gasteiger charge is 1.83. The Morgan fingerprint density at radius 3 is 2.69 bits per heavy atom. The van der Waals surface area contributed by atoms with Gasteiger partial charge < -0.3 is 0 Å². The van der Waals surface area contributed by atoms with Crippen molar-refractivity contribution in [1.29, 1.82) is 0 Å². The van der Waals surface area contributed by atoms with Gasteiger partial charge in [0.2, 0.25) is 0 Å². The number of benzene rings is 1. The molecule has 0 heterocycles. The maximum absolute atomic E-state index is 8.10. The van der Waals surface area contributed by atoms with Gasteiger partial charge in [-0.1, -0.05) is 54.2 Å². The molecule has 3 heteroatoms. The summed E-state index contributed by atoms with van der Waals surface area (Å²) in [6, 6.07) is 9.74. The Labute approximate surface area is 76.6 Å². The SMILES string of the molecule is C=C(C=Cc1ccccc1)N=[N+]=[N-]. The third-order valence-corrected chi connectivity index (χ3v) is 1.44. The van der Waals surface area contributed by atoms with E-state index in [0.29, 0.717) is 5.70 Å². The molecular formula is C10H9N3. The number of rotatable bonds is 3. The first-order valence-corrected chi connectivity index (χ1v) is 3.80. The molecule has 0 unspecified atom stereocenters. The van der Waals surface area contributed by atoms with Gasteiger partial charge in [-0.25, -0.2) is 0 Å². The molecule has 0 amide bonds. The third kappa shape index (κ3) is 3.27. The second kappa shape index (κ2) is 4.80. The van der Waals surface area contributed by atoms with Gasteiger partial charge in [-0.05, 0) is 11.1 Å². The van der Waals surface area contributed by atoms with Crippen molar-refractivity contribution in [3.63, 3.8) is 0 Å². The van der Waals surface area contributed by atoms with Gasteiger partial charge >= 0.3 is 0 Å². The van der Waals surface area contributed by atoms with Gasteiger partial charge in [0.05, 0.1) is 0 Å². The maximum Gasteiger partial charge on any atom is 0.0303 e. The molecule has 3 nitrogen and oxygen atoms in total. The summed E-state index contributed by atoms with van der Waals surface area (Å²) in [5.41, 5.74) is 9.56. The minimum Gasteiger partial charge on any atom is -0.0895 e. The molecule has 0 radical (unpaired) electrons. The van der Waals surface area contributed by atoms with Crippen molar-refractivity contribution in [3.05, 3.63) is 64.7 Å². The Morgan fingerprint density at radius 1 is 1.38 bits per heavy atom. The summed E-state index contributed by atoms with van der Waals surface area (Å²) >= 11 is 0. The largest absolute Gasteiger partial charge is 0.0895 e. The van der Waals surface area contributed by atoms with E-state index in [0.717, 1.165) is 5.56 Å². The van der Waals surface area contributed by atoms with E-state index in [1.807, 2.05) is 36.4 Å². The maximum atomic E-state index is 8.10. The lowest BCUT2D eigenvalue weighted by atomic mass is 10.2. The number of allylic oxidation sites excluding steroid dienone is 1. The summed E-state index contributed by atoms with van der Waals surface area (Å²) in [5.74, 6) is 0.